The first-order valence-corrected chi connectivity index (χ1v) is 21.0. The molecule has 3 aliphatic heterocycles. The Bertz CT molecular complexity index is 1030. The maximum Gasteiger partial charge on any atom is 0.223 e. The molecule has 1 saturated carbocycles. The van der Waals surface area contributed by atoms with Gasteiger partial charge in [0.05, 0.1) is 13.2 Å². The summed E-state index contributed by atoms with van der Waals surface area (Å²) < 4.78 is 5.74. The quantitative estimate of drug-likeness (QED) is 0.146. The van der Waals surface area contributed by atoms with Crippen LogP contribution in [0.2, 0.25) is 0 Å². The molecule has 0 aromatic carbocycles. The van der Waals surface area contributed by atoms with Crippen LogP contribution >= 0.6 is 0 Å². The van der Waals surface area contributed by atoms with E-state index in [1.807, 2.05) is 13.8 Å². The molecule has 0 bridgehead atoms. The van der Waals surface area contributed by atoms with E-state index in [-0.39, 0.29) is 35.5 Å². The lowest BCUT2D eigenvalue weighted by Crippen LogP contribution is -2.47. The number of piperidine rings is 3. The van der Waals surface area contributed by atoms with Crippen LogP contribution in [0.15, 0.2) is 0 Å². The average Bonchev–Trinajstić information content (AvgIpc) is 3.10. The van der Waals surface area contributed by atoms with Crippen molar-refractivity contribution < 1.29 is 19.1 Å². The average molecular weight is 701 g/mol. The molecule has 4 aliphatic rings. The van der Waals surface area contributed by atoms with Gasteiger partial charge in [-0.1, -0.05) is 34.6 Å². The van der Waals surface area contributed by atoms with Crippen molar-refractivity contribution in [2.24, 2.45) is 34.5 Å². The van der Waals surface area contributed by atoms with Gasteiger partial charge in [0.25, 0.3) is 0 Å². The molecule has 2 unspecified atom stereocenters. The molecule has 288 valence electrons. The number of nitrogens with zero attached hydrogens (tertiary/aromatic N) is 3. The number of likely N-dealkylation sites (tertiary alicyclic amines) is 3. The Hall–Kier alpha value is -1.35. The van der Waals surface area contributed by atoms with Gasteiger partial charge in [0, 0.05) is 49.7 Å². The number of carbonyl (C=O) groups is 3. The van der Waals surface area contributed by atoms with E-state index < -0.39 is 0 Å². The fraction of sp³-hybridized carbons (Fsp3) is 0.929. The highest BCUT2D eigenvalue weighted by molar-refractivity contribution is 5.81. The molecule has 3 heterocycles. The Labute approximate surface area is 306 Å². The standard InChI is InChI=1S/C42H76N4O4/c1-33(2)32-46-27-20-42(21-28-46)18-23-44(24-19-42)22-7-8-39(48)35(5)9-10-36(6)43-40(49)37-11-14-41(15-12-37)16-25-45(26-17-41)29-31-50-30-13-38(47)34(3)4/h33-37H,7-32H2,1-6H3,(H,43,49). The largest absolute Gasteiger partial charge is 0.380 e. The van der Waals surface area contributed by atoms with Crippen LogP contribution in [0, 0.1) is 34.5 Å². The molecule has 0 aromatic heterocycles. The van der Waals surface area contributed by atoms with Crippen molar-refractivity contribution in [3.05, 3.63) is 0 Å². The van der Waals surface area contributed by atoms with Gasteiger partial charge in [0.2, 0.25) is 5.91 Å². The van der Waals surface area contributed by atoms with E-state index in [0.29, 0.717) is 42.7 Å². The van der Waals surface area contributed by atoms with Crippen LogP contribution in [0.25, 0.3) is 0 Å². The molecular weight excluding hydrogens is 624 g/mol. The Morgan fingerprint density at radius 2 is 1.20 bits per heavy atom. The van der Waals surface area contributed by atoms with Crippen LogP contribution < -0.4 is 5.32 Å². The molecule has 4 fully saturated rings. The maximum absolute atomic E-state index is 13.2. The van der Waals surface area contributed by atoms with Crippen LogP contribution in [0.5, 0.6) is 0 Å². The monoisotopic (exact) mass is 701 g/mol. The first-order valence-electron chi connectivity index (χ1n) is 21.0. The number of amides is 1. The fourth-order valence-corrected chi connectivity index (χ4v) is 9.29. The highest BCUT2D eigenvalue weighted by atomic mass is 16.5. The van der Waals surface area contributed by atoms with Crippen molar-refractivity contribution in [2.45, 2.75) is 144 Å². The van der Waals surface area contributed by atoms with Gasteiger partial charge in [0.15, 0.2) is 0 Å². The second-order valence-electron chi connectivity index (χ2n) is 18.1. The fourth-order valence-electron chi connectivity index (χ4n) is 9.29. The number of nitrogens with one attached hydrogen (secondary N) is 1. The van der Waals surface area contributed by atoms with E-state index in [1.54, 1.807) is 0 Å². The van der Waals surface area contributed by atoms with Gasteiger partial charge in [-0.05, 0) is 153 Å². The van der Waals surface area contributed by atoms with Crippen molar-refractivity contribution in [1.82, 2.24) is 20.0 Å². The summed E-state index contributed by atoms with van der Waals surface area (Å²) in [5.41, 5.74) is 0.979. The summed E-state index contributed by atoms with van der Waals surface area (Å²) in [6.07, 6.45) is 16.0. The van der Waals surface area contributed by atoms with Gasteiger partial charge in [-0.2, -0.15) is 0 Å². The Kier molecular flexibility index (Phi) is 16.7. The zero-order valence-electron chi connectivity index (χ0n) is 33.2. The molecule has 0 aromatic rings. The summed E-state index contributed by atoms with van der Waals surface area (Å²) >= 11 is 0. The summed E-state index contributed by atoms with van der Waals surface area (Å²) in [4.78, 5) is 45.7. The number of rotatable bonds is 19. The molecule has 8 heteroatoms. The lowest BCUT2D eigenvalue weighted by molar-refractivity contribution is -0.128. The lowest BCUT2D eigenvalue weighted by atomic mass is 9.65. The van der Waals surface area contributed by atoms with E-state index in [0.717, 1.165) is 77.0 Å². The van der Waals surface area contributed by atoms with Crippen molar-refractivity contribution in [3.8, 4) is 0 Å². The summed E-state index contributed by atoms with van der Waals surface area (Å²) in [5, 5.41) is 3.31. The third-order valence-corrected chi connectivity index (χ3v) is 13.3. The maximum atomic E-state index is 13.2. The molecule has 0 radical (unpaired) electrons. The third kappa shape index (κ3) is 13.3. The van der Waals surface area contributed by atoms with Crippen molar-refractivity contribution in [2.75, 3.05) is 72.1 Å². The van der Waals surface area contributed by atoms with E-state index in [4.69, 9.17) is 4.74 Å². The first kappa shape index (κ1) is 41.4. The van der Waals surface area contributed by atoms with Gasteiger partial charge in [-0.15, -0.1) is 0 Å². The molecule has 4 rings (SSSR count). The number of hydrogen-bond donors (Lipinski definition) is 1. The van der Waals surface area contributed by atoms with Crippen molar-refractivity contribution in [3.63, 3.8) is 0 Å². The molecule has 1 N–H and O–H groups in total. The van der Waals surface area contributed by atoms with Crippen molar-refractivity contribution >= 4 is 17.5 Å². The van der Waals surface area contributed by atoms with Crippen molar-refractivity contribution in [1.29, 1.82) is 0 Å². The molecule has 1 aliphatic carbocycles. The minimum atomic E-state index is 0.0658. The van der Waals surface area contributed by atoms with Gasteiger partial charge in [-0.3, -0.25) is 14.4 Å². The van der Waals surface area contributed by atoms with E-state index >= 15 is 0 Å². The number of carbonyl (C=O) groups excluding carboxylic acids is 3. The second-order valence-corrected chi connectivity index (χ2v) is 18.1. The molecule has 8 nitrogen and oxygen atoms in total. The van der Waals surface area contributed by atoms with Gasteiger partial charge in [0.1, 0.15) is 11.6 Å². The minimum Gasteiger partial charge on any atom is -0.380 e. The Morgan fingerprint density at radius 3 is 1.76 bits per heavy atom. The van der Waals surface area contributed by atoms with Crippen LogP contribution in [-0.4, -0.2) is 110 Å². The normalized spacial score (nSPS) is 23.4. The van der Waals surface area contributed by atoms with Gasteiger partial charge < -0.3 is 24.8 Å². The second kappa shape index (κ2) is 20.2. The number of ether oxygens (including phenoxy) is 1. The topological polar surface area (TPSA) is 82.2 Å². The summed E-state index contributed by atoms with van der Waals surface area (Å²) in [6, 6.07) is 0.112. The Balaban J connectivity index is 1.01. The van der Waals surface area contributed by atoms with E-state index in [9.17, 15) is 14.4 Å². The van der Waals surface area contributed by atoms with Crippen LogP contribution in [0.4, 0.5) is 0 Å². The molecule has 2 atom stereocenters. The molecular formula is C42H76N4O4. The van der Waals surface area contributed by atoms with Crippen LogP contribution in [0.3, 0.4) is 0 Å². The minimum absolute atomic E-state index is 0.0658. The number of ketones is 2. The molecule has 2 spiro atoms. The van der Waals surface area contributed by atoms with E-state index in [2.05, 4.69) is 47.7 Å². The molecule has 50 heavy (non-hydrogen) atoms. The number of hydrogen-bond acceptors (Lipinski definition) is 7. The summed E-state index contributed by atoms with van der Waals surface area (Å²) in [6.45, 7) is 24.4. The lowest BCUT2D eigenvalue weighted by Gasteiger charge is -2.47. The SMILES string of the molecule is CC(C)CN1CCC2(CCN(CCCC(=O)C(C)CCC(C)NC(=O)C3CCC4(CC3)CCN(CCOCCC(=O)C(C)C)CC4)CC2)CC1. The van der Waals surface area contributed by atoms with Crippen LogP contribution in [0.1, 0.15) is 138 Å². The highest BCUT2D eigenvalue weighted by Crippen LogP contribution is 2.46. The van der Waals surface area contributed by atoms with Gasteiger partial charge in [-0.25, -0.2) is 0 Å². The Morgan fingerprint density at radius 1 is 0.660 bits per heavy atom. The zero-order chi connectivity index (χ0) is 36.1. The molecule has 1 amide bonds. The van der Waals surface area contributed by atoms with Crippen LogP contribution in [-0.2, 0) is 19.1 Å². The predicted octanol–water partition coefficient (Wildman–Crippen LogP) is 6.99. The first-order chi connectivity index (χ1) is 23.9. The third-order valence-electron chi connectivity index (χ3n) is 13.3. The zero-order valence-corrected chi connectivity index (χ0v) is 33.2. The predicted molar refractivity (Wildman–Crippen MR) is 204 cm³/mol. The highest BCUT2D eigenvalue weighted by Gasteiger charge is 2.40. The van der Waals surface area contributed by atoms with E-state index in [1.165, 1.54) is 71.2 Å². The summed E-state index contributed by atoms with van der Waals surface area (Å²) in [5.74, 6) is 1.94. The number of Topliss-reactive ketones (excluding diaryl/α,β-unsaturated/α-hetero) is 2. The summed E-state index contributed by atoms with van der Waals surface area (Å²) in [7, 11) is 0. The van der Waals surface area contributed by atoms with Gasteiger partial charge >= 0.3 is 0 Å². The molecule has 3 saturated heterocycles. The smallest absolute Gasteiger partial charge is 0.223 e.